The van der Waals surface area contributed by atoms with E-state index in [2.05, 4.69) is 24.3 Å². The molecule has 1 unspecified atom stereocenters. The lowest BCUT2D eigenvalue weighted by Gasteiger charge is -2.42. The van der Waals surface area contributed by atoms with Crippen LogP contribution in [0, 0.1) is 5.92 Å². The number of hydrogen-bond donors (Lipinski definition) is 1. The number of nitrogens with one attached hydrogen (secondary N) is 1. The van der Waals surface area contributed by atoms with Crippen molar-refractivity contribution in [3.05, 3.63) is 29.8 Å². The van der Waals surface area contributed by atoms with Crippen LogP contribution in [0.1, 0.15) is 44.1 Å². The molecule has 6 nitrogen and oxygen atoms in total. The van der Waals surface area contributed by atoms with Gasteiger partial charge in [0.1, 0.15) is 17.4 Å². The van der Waals surface area contributed by atoms with Crippen LogP contribution >= 0.6 is 0 Å². The first kappa shape index (κ1) is 19.2. The molecule has 4 rings (SSSR count). The van der Waals surface area contributed by atoms with E-state index in [1.54, 1.807) is 0 Å². The summed E-state index contributed by atoms with van der Waals surface area (Å²) in [7, 11) is 4.25. The van der Waals surface area contributed by atoms with Gasteiger partial charge in [0.25, 0.3) is 0 Å². The van der Waals surface area contributed by atoms with E-state index in [-0.39, 0.29) is 23.5 Å². The molecule has 2 fully saturated rings. The number of fused-ring (bicyclic) bond motifs is 1. The lowest BCUT2D eigenvalue weighted by molar-refractivity contribution is -0.138. The summed E-state index contributed by atoms with van der Waals surface area (Å²) in [5, 5.41) is 2.84. The summed E-state index contributed by atoms with van der Waals surface area (Å²) < 4.78 is 6.61. The van der Waals surface area contributed by atoms with E-state index in [0.29, 0.717) is 31.8 Å². The van der Waals surface area contributed by atoms with E-state index < -0.39 is 0 Å². The van der Waals surface area contributed by atoms with Gasteiger partial charge in [0.15, 0.2) is 0 Å². The summed E-state index contributed by atoms with van der Waals surface area (Å²) in [6, 6.07) is 7.67. The number of hydrogen-bond acceptors (Lipinski definition) is 4. The average Bonchev–Trinajstić information content (AvgIpc) is 3.03. The van der Waals surface area contributed by atoms with Crippen molar-refractivity contribution in [1.29, 1.82) is 0 Å². The predicted molar refractivity (Wildman–Crippen MR) is 107 cm³/mol. The zero-order valence-electron chi connectivity index (χ0n) is 16.9. The highest BCUT2D eigenvalue weighted by Crippen LogP contribution is 2.40. The van der Waals surface area contributed by atoms with Crippen molar-refractivity contribution < 1.29 is 14.3 Å². The fourth-order valence-electron chi connectivity index (χ4n) is 4.95. The van der Waals surface area contributed by atoms with Crippen molar-refractivity contribution in [3.8, 4) is 5.75 Å². The van der Waals surface area contributed by atoms with Crippen LogP contribution in [-0.2, 0) is 16.1 Å². The molecule has 152 valence electrons. The molecule has 0 bridgehead atoms. The van der Waals surface area contributed by atoms with Gasteiger partial charge < -0.3 is 19.9 Å². The second-order valence-corrected chi connectivity index (χ2v) is 8.95. The third-order valence-electron chi connectivity index (χ3n) is 6.38. The molecule has 2 amide bonds. The number of ether oxygens (including phenoxy) is 1. The second-order valence-electron chi connectivity index (χ2n) is 8.95. The molecule has 1 aromatic rings. The van der Waals surface area contributed by atoms with Gasteiger partial charge >= 0.3 is 0 Å². The standard InChI is InChI=1S/C22H31N3O3/c1-24(2)13-16-9-11-22(12-10-16)15-25(21(27)18-7-8-20(26)23-18)14-17-5-3-4-6-19(17)28-22/h3-6,16,18H,7-15H2,1-2H3,(H,23,26). The molecule has 1 saturated heterocycles. The van der Waals surface area contributed by atoms with Gasteiger partial charge in [-0.15, -0.1) is 0 Å². The molecule has 2 aliphatic heterocycles. The number of amides is 2. The molecule has 1 atom stereocenters. The third kappa shape index (κ3) is 4.02. The highest BCUT2D eigenvalue weighted by molar-refractivity contribution is 5.90. The minimum atomic E-state index is -0.389. The van der Waals surface area contributed by atoms with Crippen molar-refractivity contribution in [2.45, 2.75) is 56.7 Å². The summed E-state index contributed by atoms with van der Waals surface area (Å²) >= 11 is 0. The third-order valence-corrected chi connectivity index (χ3v) is 6.38. The Balaban J connectivity index is 1.56. The quantitative estimate of drug-likeness (QED) is 0.866. The lowest BCUT2D eigenvalue weighted by Crippen LogP contribution is -2.53. The van der Waals surface area contributed by atoms with E-state index in [4.69, 9.17) is 4.74 Å². The number of para-hydroxylation sites is 1. The smallest absolute Gasteiger partial charge is 0.245 e. The van der Waals surface area contributed by atoms with Crippen LogP contribution in [-0.4, -0.2) is 60.4 Å². The Morgan fingerprint density at radius 1 is 1.25 bits per heavy atom. The molecule has 0 radical (unpaired) electrons. The van der Waals surface area contributed by atoms with Crippen molar-refractivity contribution >= 4 is 11.8 Å². The van der Waals surface area contributed by atoms with Crippen LogP contribution in [0.15, 0.2) is 24.3 Å². The molecule has 3 aliphatic rings. The Morgan fingerprint density at radius 3 is 2.68 bits per heavy atom. The SMILES string of the molecule is CN(C)CC1CCC2(CC1)CN(C(=O)C1CCC(=O)N1)Cc1ccccc1O2. The van der Waals surface area contributed by atoms with Gasteiger partial charge in [0.05, 0.1) is 6.54 Å². The topological polar surface area (TPSA) is 61.9 Å². The molecule has 1 N–H and O–H groups in total. The van der Waals surface area contributed by atoms with Gasteiger partial charge in [0, 0.05) is 25.1 Å². The monoisotopic (exact) mass is 385 g/mol. The van der Waals surface area contributed by atoms with E-state index in [1.165, 1.54) is 0 Å². The van der Waals surface area contributed by atoms with E-state index in [1.807, 2.05) is 29.2 Å². The van der Waals surface area contributed by atoms with Crippen molar-refractivity contribution in [1.82, 2.24) is 15.1 Å². The highest BCUT2D eigenvalue weighted by Gasteiger charge is 2.43. The number of nitrogens with zero attached hydrogens (tertiary/aromatic N) is 2. The Bertz CT molecular complexity index is 740. The van der Waals surface area contributed by atoms with Gasteiger partial charge in [0.2, 0.25) is 11.8 Å². The van der Waals surface area contributed by atoms with E-state index >= 15 is 0 Å². The molecule has 1 spiro atoms. The number of rotatable bonds is 3. The fraction of sp³-hybridized carbons (Fsp3) is 0.636. The van der Waals surface area contributed by atoms with Crippen molar-refractivity contribution in [2.24, 2.45) is 5.92 Å². The van der Waals surface area contributed by atoms with Gasteiger partial charge in [-0.3, -0.25) is 9.59 Å². The molecule has 6 heteroatoms. The summed E-state index contributed by atoms with van der Waals surface area (Å²) in [4.78, 5) is 29.0. The van der Waals surface area contributed by atoms with Crippen molar-refractivity contribution in [3.63, 3.8) is 0 Å². The normalized spacial score (nSPS) is 30.0. The minimum absolute atomic E-state index is 0.0243. The molecule has 2 heterocycles. The Labute approximate surface area is 167 Å². The second kappa shape index (κ2) is 7.74. The average molecular weight is 386 g/mol. The van der Waals surface area contributed by atoms with E-state index in [0.717, 1.165) is 43.5 Å². The van der Waals surface area contributed by atoms with Gasteiger partial charge in [-0.2, -0.15) is 0 Å². The summed E-state index contributed by atoms with van der Waals surface area (Å²) in [5.41, 5.74) is 0.723. The first-order valence-electron chi connectivity index (χ1n) is 10.4. The molecule has 28 heavy (non-hydrogen) atoms. The lowest BCUT2D eigenvalue weighted by atomic mass is 9.78. The van der Waals surface area contributed by atoms with Crippen LogP contribution < -0.4 is 10.1 Å². The number of benzene rings is 1. The predicted octanol–water partition coefficient (Wildman–Crippen LogP) is 2.18. The minimum Gasteiger partial charge on any atom is -0.485 e. The van der Waals surface area contributed by atoms with Crippen LogP contribution in [0.5, 0.6) is 5.75 Å². The maximum atomic E-state index is 13.2. The largest absolute Gasteiger partial charge is 0.485 e. The highest BCUT2D eigenvalue weighted by atomic mass is 16.5. The summed E-state index contributed by atoms with van der Waals surface area (Å²) in [6.07, 6.45) is 5.18. The Hall–Kier alpha value is -2.08. The first-order chi connectivity index (χ1) is 13.4. The van der Waals surface area contributed by atoms with Crippen LogP contribution in [0.2, 0.25) is 0 Å². The fourth-order valence-corrected chi connectivity index (χ4v) is 4.95. The van der Waals surface area contributed by atoms with Gasteiger partial charge in [-0.1, -0.05) is 18.2 Å². The zero-order chi connectivity index (χ0) is 19.7. The number of carbonyl (C=O) groups is 2. The van der Waals surface area contributed by atoms with E-state index in [9.17, 15) is 9.59 Å². The molecule has 1 aliphatic carbocycles. The molecular weight excluding hydrogens is 354 g/mol. The Morgan fingerprint density at radius 2 is 2.00 bits per heavy atom. The molecule has 1 saturated carbocycles. The van der Waals surface area contributed by atoms with Gasteiger partial charge in [-0.25, -0.2) is 0 Å². The molecular formula is C22H31N3O3. The first-order valence-corrected chi connectivity index (χ1v) is 10.4. The van der Waals surface area contributed by atoms with Crippen LogP contribution in [0.3, 0.4) is 0 Å². The Kier molecular flexibility index (Phi) is 5.32. The zero-order valence-corrected chi connectivity index (χ0v) is 16.9. The molecule has 1 aromatic carbocycles. The van der Waals surface area contributed by atoms with Crippen LogP contribution in [0.4, 0.5) is 0 Å². The maximum Gasteiger partial charge on any atom is 0.245 e. The maximum absolute atomic E-state index is 13.2. The summed E-state index contributed by atoms with van der Waals surface area (Å²) in [5.74, 6) is 1.59. The van der Waals surface area contributed by atoms with Crippen molar-refractivity contribution in [2.75, 3.05) is 27.2 Å². The summed E-state index contributed by atoms with van der Waals surface area (Å²) in [6.45, 7) is 2.25. The number of carbonyl (C=O) groups excluding carboxylic acids is 2. The molecule has 0 aromatic heterocycles. The van der Waals surface area contributed by atoms with Crippen LogP contribution in [0.25, 0.3) is 0 Å². The van der Waals surface area contributed by atoms with Gasteiger partial charge in [-0.05, 0) is 58.2 Å².